The molecule has 0 saturated heterocycles. The third kappa shape index (κ3) is 12.2. The van der Waals surface area contributed by atoms with E-state index >= 15 is 0 Å². The summed E-state index contributed by atoms with van der Waals surface area (Å²) >= 11 is 0. The monoisotopic (exact) mass is 645 g/mol. The molecule has 0 aromatic heterocycles. The fourth-order valence-electron chi connectivity index (χ4n) is 4.29. The summed E-state index contributed by atoms with van der Waals surface area (Å²) in [7, 11) is -6.10. The van der Waals surface area contributed by atoms with Gasteiger partial charge in [-0.3, -0.25) is 0 Å². The van der Waals surface area contributed by atoms with Gasteiger partial charge >= 0.3 is 0 Å². The molecule has 3 atom stereocenters. The quantitative estimate of drug-likeness (QED) is 0.0683. The smallest absolute Gasteiger partial charge is 0.195 e. The Morgan fingerprint density at radius 1 is 0.643 bits per heavy atom. The average Bonchev–Trinajstić information content (AvgIpc) is 2.78. The highest BCUT2D eigenvalue weighted by Crippen LogP contribution is 2.46. The standard InChI is InChI=1S/C35H76O4Si3/c1-21-23-24-25-29(37-40(15,16)32(4,5)6)27-26-28(3)30(38-41(17,18)33(7,8)9)35(13,14)31(36-22-2)39-42(19,20)34(10,11)12/h26,29-31H,21-25,27H2,1-20H3/b28-26+/t29-,30-,31?/m1/s1. The SMILES string of the molecule is CCCCC[C@H](C/C=C(\C)[C@@H](O[Si](C)(C)C(C)(C)C)C(C)(C)C(OCC)O[Si](C)(C)C(C)(C)C)O[Si](C)(C)C(C)(C)C. The molecule has 0 saturated carbocycles. The molecule has 0 aliphatic carbocycles. The number of hydrogen-bond acceptors (Lipinski definition) is 4. The summed E-state index contributed by atoms with van der Waals surface area (Å²) < 4.78 is 27.9. The minimum atomic E-state index is -2.11. The first-order chi connectivity index (χ1) is 18.6. The van der Waals surface area contributed by atoms with Crippen LogP contribution in [0.1, 0.15) is 129 Å². The van der Waals surface area contributed by atoms with Gasteiger partial charge in [-0.15, -0.1) is 0 Å². The van der Waals surface area contributed by atoms with Crippen molar-refractivity contribution in [3.63, 3.8) is 0 Å². The maximum absolute atomic E-state index is 7.34. The lowest BCUT2D eigenvalue weighted by Gasteiger charge is -2.49. The van der Waals surface area contributed by atoms with E-state index in [0.29, 0.717) is 6.61 Å². The van der Waals surface area contributed by atoms with E-state index in [2.05, 4.69) is 142 Å². The molecule has 0 amide bonds. The van der Waals surface area contributed by atoms with E-state index in [1.165, 1.54) is 24.8 Å². The van der Waals surface area contributed by atoms with Gasteiger partial charge in [-0.25, -0.2) is 0 Å². The Morgan fingerprint density at radius 2 is 1.07 bits per heavy atom. The van der Waals surface area contributed by atoms with Gasteiger partial charge in [0.25, 0.3) is 0 Å². The van der Waals surface area contributed by atoms with Gasteiger partial charge in [-0.05, 0) is 86.7 Å². The van der Waals surface area contributed by atoms with Crippen LogP contribution >= 0.6 is 0 Å². The highest BCUT2D eigenvalue weighted by molar-refractivity contribution is 6.75. The zero-order valence-electron chi connectivity index (χ0n) is 32.2. The van der Waals surface area contributed by atoms with E-state index in [9.17, 15) is 0 Å². The van der Waals surface area contributed by atoms with Gasteiger partial charge in [-0.2, -0.15) is 0 Å². The van der Waals surface area contributed by atoms with E-state index in [-0.39, 0.29) is 39.0 Å². The Balaban J connectivity index is 6.71. The maximum Gasteiger partial charge on any atom is 0.195 e. The Kier molecular flexibility index (Phi) is 15.8. The molecule has 0 aliphatic heterocycles. The molecule has 0 aliphatic rings. The van der Waals surface area contributed by atoms with Crippen LogP contribution in [0, 0.1) is 5.41 Å². The lowest BCUT2D eigenvalue weighted by atomic mass is 9.81. The summed E-state index contributed by atoms with van der Waals surface area (Å²) in [4.78, 5) is 0. The Morgan fingerprint density at radius 3 is 1.48 bits per heavy atom. The highest BCUT2D eigenvalue weighted by atomic mass is 28.4. The van der Waals surface area contributed by atoms with Gasteiger partial charge in [-0.1, -0.05) is 108 Å². The molecule has 4 nitrogen and oxygen atoms in total. The molecule has 0 spiro atoms. The summed E-state index contributed by atoms with van der Waals surface area (Å²) in [5, 5.41) is 0.375. The predicted octanol–water partition coefficient (Wildman–Crippen LogP) is 12.1. The topological polar surface area (TPSA) is 36.9 Å². The second-order valence-electron chi connectivity index (χ2n) is 17.9. The number of unbranched alkanes of at least 4 members (excludes halogenated alkanes) is 2. The molecule has 0 N–H and O–H groups in total. The molecule has 0 fully saturated rings. The van der Waals surface area contributed by atoms with Gasteiger partial charge in [0.2, 0.25) is 0 Å². The lowest BCUT2D eigenvalue weighted by molar-refractivity contribution is -0.174. The molecule has 0 aromatic carbocycles. The largest absolute Gasteiger partial charge is 0.414 e. The van der Waals surface area contributed by atoms with Crippen molar-refractivity contribution in [2.45, 2.75) is 202 Å². The van der Waals surface area contributed by atoms with Gasteiger partial charge in [0.1, 0.15) is 0 Å². The van der Waals surface area contributed by atoms with Crippen LogP contribution in [0.5, 0.6) is 0 Å². The summed E-state index contributed by atoms with van der Waals surface area (Å²) in [5.41, 5.74) is 0.882. The molecule has 0 aromatic rings. The molecule has 1 unspecified atom stereocenters. The van der Waals surface area contributed by atoms with E-state index in [1.54, 1.807) is 0 Å². The van der Waals surface area contributed by atoms with Crippen LogP contribution in [-0.2, 0) is 18.0 Å². The molecular weight excluding hydrogens is 569 g/mol. The number of hydrogen-bond donors (Lipinski definition) is 0. The summed E-state index contributed by atoms with van der Waals surface area (Å²) in [6.45, 7) is 46.8. The predicted molar refractivity (Wildman–Crippen MR) is 194 cm³/mol. The average molecular weight is 645 g/mol. The zero-order chi connectivity index (χ0) is 33.6. The zero-order valence-corrected chi connectivity index (χ0v) is 35.2. The molecule has 252 valence electrons. The van der Waals surface area contributed by atoms with Crippen molar-refractivity contribution in [2.75, 3.05) is 6.61 Å². The minimum Gasteiger partial charge on any atom is -0.414 e. The van der Waals surface area contributed by atoms with Gasteiger partial charge in [0.15, 0.2) is 31.2 Å². The molecule has 0 bridgehead atoms. The fourth-order valence-corrected chi connectivity index (χ4v) is 8.38. The van der Waals surface area contributed by atoms with Crippen LogP contribution in [-0.4, -0.2) is 50.1 Å². The van der Waals surface area contributed by atoms with Crippen LogP contribution < -0.4 is 0 Å². The third-order valence-electron chi connectivity index (χ3n) is 10.5. The van der Waals surface area contributed by atoms with Gasteiger partial charge in [0.05, 0.1) is 6.10 Å². The second-order valence-corrected chi connectivity index (χ2v) is 32.2. The first-order valence-corrected chi connectivity index (χ1v) is 25.6. The Bertz CT molecular complexity index is 827. The number of ether oxygens (including phenoxy) is 1. The van der Waals surface area contributed by atoms with E-state index in [1.807, 2.05) is 0 Å². The van der Waals surface area contributed by atoms with Crippen molar-refractivity contribution < 1.29 is 18.0 Å². The molecule has 7 heteroatoms. The van der Waals surface area contributed by atoms with Crippen molar-refractivity contribution in [1.82, 2.24) is 0 Å². The molecule has 0 heterocycles. The van der Waals surface area contributed by atoms with Crippen molar-refractivity contribution in [1.29, 1.82) is 0 Å². The molecular formula is C35H76O4Si3. The van der Waals surface area contributed by atoms with Crippen molar-refractivity contribution in [2.24, 2.45) is 5.41 Å². The van der Waals surface area contributed by atoms with Crippen LogP contribution in [0.25, 0.3) is 0 Å². The van der Waals surface area contributed by atoms with Gasteiger partial charge < -0.3 is 18.0 Å². The second kappa shape index (κ2) is 15.7. The van der Waals surface area contributed by atoms with E-state index < -0.39 is 25.0 Å². The van der Waals surface area contributed by atoms with E-state index in [4.69, 9.17) is 18.0 Å². The maximum atomic E-state index is 7.34. The minimum absolute atomic E-state index is 0.0892. The Labute approximate surface area is 267 Å². The number of rotatable bonds is 17. The normalized spacial score (nSPS) is 17.4. The van der Waals surface area contributed by atoms with Crippen LogP contribution in [0.2, 0.25) is 54.4 Å². The first kappa shape index (κ1) is 42.2. The highest BCUT2D eigenvalue weighted by Gasteiger charge is 2.50. The van der Waals surface area contributed by atoms with Crippen molar-refractivity contribution in [3.05, 3.63) is 11.6 Å². The lowest BCUT2D eigenvalue weighted by Crippen LogP contribution is -2.56. The van der Waals surface area contributed by atoms with Gasteiger partial charge in [0, 0.05) is 18.1 Å². The molecule has 0 rings (SSSR count). The molecule has 42 heavy (non-hydrogen) atoms. The van der Waals surface area contributed by atoms with E-state index in [0.717, 1.165) is 12.8 Å². The van der Waals surface area contributed by atoms with Crippen LogP contribution in [0.3, 0.4) is 0 Å². The molecule has 0 radical (unpaired) electrons. The fraction of sp³-hybridized carbons (Fsp3) is 0.943. The van der Waals surface area contributed by atoms with Crippen LogP contribution in [0.4, 0.5) is 0 Å². The first-order valence-electron chi connectivity index (χ1n) is 16.9. The Hall–Kier alpha value is 0.231. The summed E-state index contributed by atoms with van der Waals surface area (Å²) in [6.07, 6.45) is 7.90. The van der Waals surface area contributed by atoms with Crippen molar-refractivity contribution in [3.8, 4) is 0 Å². The summed E-state index contributed by atoms with van der Waals surface area (Å²) in [6, 6.07) is 0. The summed E-state index contributed by atoms with van der Waals surface area (Å²) in [5.74, 6) is 0. The van der Waals surface area contributed by atoms with Crippen LogP contribution in [0.15, 0.2) is 11.6 Å². The third-order valence-corrected chi connectivity index (χ3v) is 23.9. The van der Waals surface area contributed by atoms with Crippen molar-refractivity contribution >= 4 is 25.0 Å².